The van der Waals surface area contributed by atoms with Gasteiger partial charge in [-0.05, 0) is 81.5 Å². The average Bonchev–Trinajstić information content (AvgIpc) is 3.49. The van der Waals surface area contributed by atoms with Crippen molar-refractivity contribution in [1.82, 2.24) is 16.2 Å². The van der Waals surface area contributed by atoms with E-state index in [4.69, 9.17) is 4.74 Å². The van der Waals surface area contributed by atoms with Crippen molar-refractivity contribution in [2.45, 2.75) is 52.2 Å². The zero-order chi connectivity index (χ0) is 21.9. The topological polar surface area (TPSA) is 96.5 Å². The molecule has 3 N–H and O–H groups in total. The number of carbonyl (C=O) groups is 3. The number of carbonyl (C=O) groups excluding carboxylic acids is 3. The third-order valence-corrected chi connectivity index (χ3v) is 4.55. The molecule has 0 bridgehead atoms. The van der Waals surface area contributed by atoms with Crippen molar-refractivity contribution in [2.24, 2.45) is 0 Å². The Morgan fingerprint density at radius 2 is 1.53 bits per heavy atom. The summed E-state index contributed by atoms with van der Waals surface area (Å²) in [6, 6.07) is 12.9. The van der Waals surface area contributed by atoms with E-state index < -0.39 is 17.6 Å². The fourth-order valence-electron chi connectivity index (χ4n) is 2.86. The zero-order valence-electron chi connectivity index (χ0n) is 17.7. The van der Waals surface area contributed by atoms with Crippen LogP contribution in [0.5, 0.6) is 0 Å². The summed E-state index contributed by atoms with van der Waals surface area (Å²) in [6.45, 7) is 7.18. The lowest BCUT2D eigenvalue weighted by atomic mass is 9.97. The van der Waals surface area contributed by atoms with Crippen LogP contribution in [0.25, 0.3) is 11.1 Å². The normalized spacial score (nSPS) is 13.3. The van der Waals surface area contributed by atoms with Crippen molar-refractivity contribution in [1.29, 1.82) is 0 Å². The molecule has 1 aliphatic rings. The average molecular weight is 409 g/mol. The van der Waals surface area contributed by atoms with E-state index in [2.05, 4.69) is 16.2 Å². The molecule has 2 aromatic carbocycles. The van der Waals surface area contributed by atoms with E-state index in [1.54, 1.807) is 32.9 Å². The number of hydrazine groups is 1. The largest absolute Gasteiger partial charge is 0.443 e. The molecule has 0 aromatic heterocycles. The van der Waals surface area contributed by atoms with Gasteiger partial charge in [0.25, 0.3) is 11.8 Å². The van der Waals surface area contributed by atoms with E-state index in [1.807, 2.05) is 37.3 Å². The van der Waals surface area contributed by atoms with Crippen LogP contribution in [-0.4, -0.2) is 29.6 Å². The minimum absolute atomic E-state index is 0.0667. The van der Waals surface area contributed by atoms with Gasteiger partial charge in [-0.1, -0.05) is 18.2 Å². The predicted molar refractivity (Wildman–Crippen MR) is 114 cm³/mol. The summed E-state index contributed by atoms with van der Waals surface area (Å²) < 4.78 is 5.07. The van der Waals surface area contributed by atoms with Gasteiger partial charge in [0, 0.05) is 17.2 Å². The van der Waals surface area contributed by atoms with Crippen molar-refractivity contribution >= 4 is 17.9 Å². The molecule has 0 aliphatic heterocycles. The fourth-order valence-corrected chi connectivity index (χ4v) is 2.86. The number of benzene rings is 2. The predicted octanol–water partition coefficient (Wildman–Crippen LogP) is 3.72. The molecule has 3 amide bonds. The molecular weight excluding hydrogens is 382 g/mol. The molecule has 7 heteroatoms. The Hall–Kier alpha value is -3.35. The third kappa shape index (κ3) is 5.83. The van der Waals surface area contributed by atoms with E-state index in [0.717, 1.165) is 29.5 Å². The number of hydrogen-bond acceptors (Lipinski definition) is 4. The Labute approximate surface area is 176 Å². The van der Waals surface area contributed by atoms with Gasteiger partial charge in [-0.15, -0.1) is 0 Å². The van der Waals surface area contributed by atoms with E-state index in [0.29, 0.717) is 17.2 Å². The maximum atomic E-state index is 12.3. The summed E-state index contributed by atoms with van der Waals surface area (Å²) in [7, 11) is 0. The van der Waals surface area contributed by atoms with Gasteiger partial charge in [-0.3, -0.25) is 15.0 Å². The molecule has 1 saturated carbocycles. The van der Waals surface area contributed by atoms with Gasteiger partial charge in [0.2, 0.25) is 0 Å². The van der Waals surface area contributed by atoms with E-state index in [9.17, 15) is 14.4 Å². The monoisotopic (exact) mass is 409 g/mol. The molecule has 0 unspecified atom stereocenters. The van der Waals surface area contributed by atoms with Crippen LogP contribution in [0.4, 0.5) is 4.79 Å². The number of aryl methyl sites for hydroxylation is 1. The van der Waals surface area contributed by atoms with Crippen molar-refractivity contribution in [3.8, 4) is 11.1 Å². The van der Waals surface area contributed by atoms with Crippen molar-refractivity contribution < 1.29 is 19.1 Å². The Morgan fingerprint density at radius 3 is 2.13 bits per heavy atom. The highest BCUT2D eigenvalue weighted by atomic mass is 16.6. The van der Waals surface area contributed by atoms with Crippen molar-refractivity contribution in [3.05, 3.63) is 59.2 Å². The van der Waals surface area contributed by atoms with Crippen LogP contribution in [0.1, 0.15) is 59.9 Å². The second-order valence-corrected chi connectivity index (χ2v) is 8.44. The highest BCUT2D eigenvalue weighted by molar-refractivity contribution is 5.97. The SMILES string of the molecule is Cc1ccc(C(=O)NC2CC2)cc1-c1ccc(C(=O)NNC(=O)OC(C)(C)C)cc1. The lowest BCUT2D eigenvalue weighted by Crippen LogP contribution is -2.44. The molecule has 2 aromatic rings. The first-order chi connectivity index (χ1) is 14.1. The van der Waals surface area contributed by atoms with Gasteiger partial charge in [-0.25, -0.2) is 10.2 Å². The Balaban J connectivity index is 1.67. The van der Waals surface area contributed by atoms with Crippen LogP contribution in [-0.2, 0) is 4.74 Å². The molecule has 1 fully saturated rings. The molecule has 0 spiro atoms. The quantitative estimate of drug-likeness (QED) is 0.671. The van der Waals surface area contributed by atoms with Crippen LogP contribution >= 0.6 is 0 Å². The molecular formula is C23H27N3O4. The second kappa shape index (κ2) is 8.57. The standard InChI is InChI=1S/C23H27N3O4/c1-14-5-6-17(20(27)24-18-11-12-18)13-19(14)15-7-9-16(10-8-15)21(28)25-26-22(29)30-23(2,3)4/h5-10,13,18H,11-12H2,1-4H3,(H,24,27)(H,25,28)(H,26,29). The summed E-state index contributed by atoms with van der Waals surface area (Å²) in [6.07, 6.45) is 1.34. The van der Waals surface area contributed by atoms with Gasteiger partial charge in [0.1, 0.15) is 5.60 Å². The van der Waals surface area contributed by atoms with Crippen LogP contribution in [0.3, 0.4) is 0 Å². The van der Waals surface area contributed by atoms with E-state index >= 15 is 0 Å². The summed E-state index contributed by atoms with van der Waals surface area (Å²) in [4.78, 5) is 36.2. The highest BCUT2D eigenvalue weighted by Gasteiger charge is 2.24. The first kappa shape index (κ1) is 21.4. The van der Waals surface area contributed by atoms with Gasteiger partial charge in [-0.2, -0.15) is 0 Å². The molecule has 0 saturated heterocycles. The second-order valence-electron chi connectivity index (χ2n) is 8.44. The molecule has 0 atom stereocenters. The summed E-state index contributed by atoms with van der Waals surface area (Å²) >= 11 is 0. The van der Waals surface area contributed by atoms with Gasteiger partial charge in [0.15, 0.2) is 0 Å². The third-order valence-electron chi connectivity index (χ3n) is 4.55. The summed E-state index contributed by atoms with van der Waals surface area (Å²) in [5.74, 6) is -0.523. The summed E-state index contributed by atoms with van der Waals surface area (Å²) in [5, 5.41) is 2.99. The molecule has 0 heterocycles. The highest BCUT2D eigenvalue weighted by Crippen LogP contribution is 2.26. The minimum Gasteiger partial charge on any atom is -0.443 e. The Bertz CT molecular complexity index is 957. The van der Waals surface area contributed by atoms with Crippen LogP contribution < -0.4 is 16.2 Å². The number of hydrogen-bond donors (Lipinski definition) is 3. The Kier molecular flexibility index (Phi) is 6.10. The molecule has 7 nitrogen and oxygen atoms in total. The first-order valence-corrected chi connectivity index (χ1v) is 9.94. The van der Waals surface area contributed by atoms with Crippen LogP contribution in [0.15, 0.2) is 42.5 Å². The molecule has 1 aliphatic carbocycles. The number of amides is 3. The molecule has 3 rings (SSSR count). The van der Waals surface area contributed by atoms with E-state index in [1.165, 1.54) is 0 Å². The zero-order valence-corrected chi connectivity index (χ0v) is 17.7. The molecule has 158 valence electrons. The van der Waals surface area contributed by atoms with Gasteiger partial charge in [0.05, 0.1) is 0 Å². The van der Waals surface area contributed by atoms with Crippen molar-refractivity contribution in [3.63, 3.8) is 0 Å². The maximum absolute atomic E-state index is 12.3. The van der Waals surface area contributed by atoms with E-state index in [-0.39, 0.29) is 5.91 Å². The van der Waals surface area contributed by atoms with Crippen LogP contribution in [0.2, 0.25) is 0 Å². The molecule has 0 radical (unpaired) electrons. The lowest BCUT2D eigenvalue weighted by molar-refractivity contribution is 0.0483. The van der Waals surface area contributed by atoms with Crippen LogP contribution in [0, 0.1) is 6.92 Å². The number of rotatable bonds is 4. The Morgan fingerprint density at radius 1 is 0.900 bits per heavy atom. The fraction of sp³-hybridized carbons (Fsp3) is 0.348. The molecule has 30 heavy (non-hydrogen) atoms. The maximum Gasteiger partial charge on any atom is 0.426 e. The first-order valence-electron chi connectivity index (χ1n) is 9.94. The number of nitrogens with one attached hydrogen (secondary N) is 3. The number of ether oxygens (including phenoxy) is 1. The summed E-state index contributed by atoms with van der Waals surface area (Å²) in [5.41, 5.74) is 7.75. The smallest absolute Gasteiger partial charge is 0.426 e. The van der Waals surface area contributed by atoms with Gasteiger partial charge < -0.3 is 10.1 Å². The van der Waals surface area contributed by atoms with Gasteiger partial charge >= 0.3 is 6.09 Å². The lowest BCUT2D eigenvalue weighted by Gasteiger charge is -2.19. The minimum atomic E-state index is -0.732. The van der Waals surface area contributed by atoms with Crippen molar-refractivity contribution in [2.75, 3.05) is 0 Å².